The number of nitrogens with one attached hydrogen (secondary N) is 2. The number of hydrogen-bond acceptors (Lipinski definition) is 8. The highest BCUT2D eigenvalue weighted by molar-refractivity contribution is 7.99. The van der Waals surface area contributed by atoms with Gasteiger partial charge in [-0.3, -0.25) is 9.59 Å². The van der Waals surface area contributed by atoms with Gasteiger partial charge in [-0.05, 0) is 19.1 Å². The second kappa shape index (κ2) is 10.6. The molecule has 4 N–H and O–H groups in total. The third-order valence-corrected chi connectivity index (χ3v) is 5.41. The van der Waals surface area contributed by atoms with Crippen molar-refractivity contribution in [1.29, 1.82) is 0 Å². The first-order valence-corrected chi connectivity index (χ1v) is 10.0. The first kappa shape index (κ1) is 23.1. The summed E-state index contributed by atoms with van der Waals surface area (Å²) in [4.78, 5) is 35.4. The van der Waals surface area contributed by atoms with Gasteiger partial charge in [-0.15, -0.1) is 0 Å². The lowest BCUT2D eigenvalue weighted by Crippen LogP contribution is -2.63. The first-order chi connectivity index (χ1) is 13.7. The zero-order valence-electron chi connectivity index (χ0n) is 16.4. The molecular weight excluding hydrogens is 400 g/mol. The Balaban J connectivity index is 2.08. The molecule has 1 fully saturated rings. The monoisotopic (exact) mass is 426 g/mol. The van der Waals surface area contributed by atoms with E-state index in [0.29, 0.717) is 0 Å². The van der Waals surface area contributed by atoms with E-state index in [1.807, 2.05) is 30.3 Å². The summed E-state index contributed by atoms with van der Waals surface area (Å²) in [5.74, 6) is -1.45. The highest BCUT2D eigenvalue weighted by atomic mass is 32.2. The number of thioether (sulfide) groups is 1. The van der Waals surface area contributed by atoms with Crippen molar-refractivity contribution in [3.05, 3.63) is 30.3 Å². The van der Waals surface area contributed by atoms with Gasteiger partial charge < -0.3 is 30.3 Å². The molecular formula is C19H26N2O7S. The number of aliphatic hydroxyl groups is 2. The summed E-state index contributed by atoms with van der Waals surface area (Å²) in [7, 11) is 0. The molecule has 1 heterocycles. The van der Waals surface area contributed by atoms with Crippen LogP contribution < -0.4 is 10.6 Å². The molecule has 0 aromatic heterocycles. The van der Waals surface area contributed by atoms with Gasteiger partial charge in [0.25, 0.3) is 0 Å². The number of hydrogen-bond donors (Lipinski definition) is 4. The van der Waals surface area contributed by atoms with Crippen LogP contribution in [0.4, 0.5) is 0 Å². The Labute approximate surface area is 173 Å². The maximum atomic E-state index is 12.0. The molecule has 2 amide bonds. The fourth-order valence-electron chi connectivity index (χ4n) is 2.84. The smallest absolute Gasteiger partial charge is 0.328 e. The van der Waals surface area contributed by atoms with E-state index >= 15 is 0 Å². The zero-order valence-corrected chi connectivity index (χ0v) is 17.2. The Morgan fingerprint density at radius 1 is 1.14 bits per heavy atom. The molecule has 0 radical (unpaired) electrons. The summed E-state index contributed by atoms with van der Waals surface area (Å²) < 4.78 is 11.0. The molecule has 1 aliphatic rings. The number of amides is 2. The molecule has 1 aromatic rings. The van der Waals surface area contributed by atoms with Crippen molar-refractivity contribution in [2.75, 3.05) is 6.61 Å². The van der Waals surface area contributed by atoms with Crippen LogP contribution in [-0.4, -0.2) is 70.4 Å². The molecule has 0 bridgehead atoms. The third kappa shape index (κ3) is 6.70. The quantitative estimate of drug-likeness (QED) is 0.441. The molecule has 0 saturated carbocycles. The minimum Gasteiger partial charge on any atom is -0.461 e. The van der Waals surface area contributed by atoms with Crippen LogP contribution >= 0.6 is 11.8 Å². The van der Waals surface area contributed by atoms with Crippen LogP contribution in [0.1, 0.15) is 20.8 Å². The predicted octanol–water partition coefficient (Wildman–Crippen LogP) is -0.202. The van der Waals surface area contributed by atoms with E-state index in [4.69, 9.17) is 9.47 Å². The lowest BCUT2D eigenvalue weighted by atomic mass is 9.98. The van der Waals surface area contributed by atoms with Crippen molar-refractivity contribution in [1.82, 2.24) is 10.6 Å². The van der Waals surface area contributed by atoms with Gasteiger partial charge >= 0.3 is 5.97 Å². The Morgan fingerprint density at radius 2 is 1.79 bits per heavy atom. The topological polar surface area (TPSA) is 134 Å². The van der Waals surface area contributed by atoms with Crippen molar-refractivity contribution in [3.63, 3.8) is 0 Å². The molecule has 0 aliphatic carbocycles. The fourth-order valence-corrected chi connectivity index (χ4v) is 4.00. The van der Waals surface area contributed by atoms with Crippen LogP contribution in [0.5, 0.6) is 0 Å². The molecule has 2 rings (SSSR count). The highest BCUT2D eigenvalue weighted by Gasteiger charge is 2.45. The number of esters is 1. The van der Waals surface area contributed by atoms with Gasteiger partial charge in [0.1, 0.15) is 36.4 Å². The number of rotatable bonds is 7. The van der Waals surface area contributed by atoms with E-state index in [1.54, 1.807) is 0 Å². The van der Waals surface area contributed by atoms with Gasteiger partial charge in [0.15, 0.2) is 0 Å². The van der Waals surface area contributed by atoms with Crippen molar-refractivity contribution < 1.29 is 34.1 Å². The number of carbonyl (C=O) groups is 3. The molecule has 1 saturated heterocycles. The Morgan fingerprint density at radius 3 is 2.38 bits per heavy atom. The standard InChI is InChI=1S/C19H26N2O7S/c1-10(20-11(2)22)18(26)27-9-14-16(24)17(25)15(21-12(3)23)19(28-14)29-13-7-5-4-6-8-13/h4-8,10,14-17,19,24-25H,9H2,1-3H3,(H,20,22)(H,21,23)/t10-,14+,15+,16+,17+,19-/m0/s1. The van der Waals surface area contributed by atoms with Gasteiger partial charge in [-0.25, -0.2) is 4.79 Å². The number of benzene rings is 1. The van der Waals surface area contributed by atoms with Gasteiger partial charge in [0.05, 0.1) is 6.04 Å². The summed E-state index contributed by atoms with van der Waals surface area (Å²) in [5.41, 5.74) is -0.726. The summed E-state index contributed by atoms with van der Waals surface area (Å²) in [6.45, 7) is 3.74. The minimum absolute atomic E-state index is 0.320. The Kier molecular flexibility index (Phi) is 8.45. The summed E-state index contributed by atoms with van der Waals surface area (Å²) >= 11 is 1.27. The zero-order chi connectivity index (χ0) is 21.6. The summed E-state index contributed by atoms with van der Waals surface area (Å²) in [5, 5.41) is 26.0. The van der Waals surface area contributed by atoms with Gasteiger partial charge in [-0.1, -0.05) is 30.0 Å². The number of carbonyl (C=O) groups excluding carboxylic acids is 3. The molecule has 0 spiro atoms. The van der Waals surface area contributed by atoms with Crippen molar-refractivity contribution in [2.45, 2.75) is 61.5 Å². The molecule has 0 unspecified atom stereocenters. The molecule has 160 valence electrons. The summed E-state index contributed by atoms with van der Waals surface area (Å²) in [6, 6.07) is 7.51. The lowest BCUT2D eigenvalue weighted by molar-refractivity contribution is -0.184. The molecule has 10 heteroatoms. The normalized spacial score (nSPS) is 27.6. The van der Waals surface area contributed by atoms with Crippen LogP contribution in [-0.2, 0) is 23.9 Å². The van der Waals surface area contributed by atoms with Crippen LogP contribution in [0.3, 0.4) is 0 Å². The maximum Gasteiger partial charge on any atom is 0.328 e. The highest BCUT2D eigenvalue weighted by Crippen LogP contribution is 2.33. The maximum absolute atomic E-state index is 12.0. The van der Waals surface area contributed by atoms with Crippen LogP contribution in [0.2, 0.25) is 0 Å². The molecule has 29 heavy (non-hydrogen) atoms. The predicted molar refractivity (Wildman–Crippen MR) is 105 cm³/mol. The van der Waals surface area contributed by atoms with Crippen LogP contribution in [0, 0.1) is 0 Å². The van der Waals surface area contributed by atoms with E-state index in [2.05, 4.69) is 10.6 Å². The van der Waals surface area contributed by atoms with E-state index < -0.39 is 41.8 Å². The van der Waals surface area contributed by atoms with E-state index in [1.165, 1.54) is 32.5 Å². The van der Waals surface area contributed by atoms with E-state index in [-0.39, 0.29) is 18.4 Å². The van der Waals surface area contributed by atoms with Crippen molar-refractivity contribution in [3.8, 4) is 0 Å². The molecule has 1 aromatic carbocycles. The van der Waals surface area contributed by atoms with Crippen molar-refractivity contribution in [2.24, 2.45) is 0 Å². The van der Waals surface area contributed by atoms with Gasteiger partial charge in [-0.2, -0.15) is 0 Å². The van der Waals surface area contributed by atoms with E-state index in [0.717, 1.165) is 4.90 Å². The lowest BCUT2D eigenvalue weighted by Gasteiger charge is -2.42. The minimum atomic E-state index is -1.39. The second-order valence-electron chi connectivity index (χ2n) is 6.73. The second-order valence-corrected chi connectivity index (χ2v) is 7.91. The largest absolute Gasteiger partial charge is 0.461 e. The average Bonchev–Trinajstić information content (AvgIpc) is 2.66. The molecule has 6 atom stereocenters. The SMILES string of the molecule is CC(=O)N[C@@H]1[C@@H](O)[C@H](O)[C@@H](COC(=O)[C@H](C)NC(C)=O)O[C@H]1Sc1ccccc1. The molecule has 9 nitrogen and oxygen atoms in total. The van der Waals surface area contributed by atoms with E-state index in [9.17, 15) is 24.6 Å². The number of aliphatic hydroxyl groups excluding tert-OH is 2. The average molecular weight is 426 g/mol. The van der Waals surface area contributed by atoms with Crippen molar-refractivity contribution >= 4 is 29.5 Å². The van der Waals surface area contributed by atoms with Crippen LogP contribution in [0.15, 0.2) is 35.2 Å². The Bertz CT molecular complexity index is 718. The van der Waals surface area contributed by atoms with Crippen LogP contribution in [0.25, 0.3) is 0 Å². The number of ether oxygens (including phenoxy) is 2. The molecule has 1 aliphatic heterocycles. The van der Waals surface area contributed by atoms with Gasteiger partial charge in [0, 0.05) is 18.7 Å². The summed E-state index contributed by atoms with van der Waals surface area (Å²) in [6.07, 6.45) is -3.72. The first-order valence-electron chi connectivity index (χ1n) is 9.13. The third-order valence-electron chi connectivity index (χ3n) is 4.23. The van der Waals surface area contributed by atoms with Gasteiger partial charge in [0.2, 0.25) is 11.8 Å². The fraction of sp³-hybridized carbons (Fsp3) is 0.526. The Hall–Kier alpha value is -2.14.